The number of likely N-dealkylation sites (tertiary alicyclic amines) is 1. The zero-order valence-electron chi connectivity index (χ0n) is 11.3. The molecule has 0 aromatic carbocycles. The highest BCUT2D eigenvalue weighted by Crippen LogP contribution is 2.26. The van der Waals surface area contributed by atoms with Gasteiger partial charge in [-0.2, -0.15) is 0 Å². The van der Waals surface area contributed by atoms with Crippen molar-refractivity contribution in [2.24, 2.45) is 11.8 Å². The summed E-state index contributed by atoms with van der Waals surface area (Å²) in [7, 11) is 0. The maximum Gasteiger partial charge on any atom is 0.306 e. The fourth-order valence-corrected chi connectivity index (χ4v) is 3.22. The van der Waals surface area contributed by atoms with Crippen LogP contribution in [-0.2, 0) is 22.4 Å². The van der Waals surface area contributed by atoms with E-state index in [2.05, 4.69) is 9.97 Å². The molecule has 6 nitrogen and oxygen atoms in total. The summed E-state index contributed by atoms with van der Waals surface area (Å²) in [4.78, 5) is 32.6. The van der Waals surface area contributed by atoms with Gasteiger partial charge in [-0.15, -0.1) is 0 Å². The van der Waals surface area contributed by atoms with Crippen LogP contribution in [0.2, 0.25) is 0 Å². The Morgan fingerprint density at radius 1 is 1.25 bits per heavy atom. The minimum atomic E-state index is -0.739. The Labute approximate surface area is 117 Å². The monoisotopic (exact) mass is 277 g/mol. The second-order valence-electron chi connectivity index (χ2n) is 5.71. The van der Waals surface area contributed by atoms with Crippen molar-refractivity contribution in [3.8, 4) is 0 Å². The van der Waals surface area contributed by atoms with E-state index in [4.69, 9.17) is 5.11 Å². The highest BCUT2D eigenvalue weighted by atomic mass is 16.4. The number of aryl methyl sites for hydroxylation is 1. The molecular weight excluding hydrogens is 258 g/mol. The first-order valence-corrected chi connectivity index (χ1v) is 7.18. The van der Waals surface area contributed by atoms with Gasteiger partial charge in [0.1, 0.15) is 0 Å². The number of rotatable bonds is 2. The number of piperidine rings is 1. The Kier molecular flexibility index (Phi) is 3.46. The summed E-state index contributed by atoms with van der Waals surface area (Å²) in [5, 5.41) is 8.98. The Morgan fingerprint density at radius 3 is 2.70 bits per heavy atom. The molecule has 6 heteroatoms. The highest BCUT2D eigenvalue weighted by Gasteiger charge is 2.32. The van der Waals surface area contributed by atoms with Gasteiger partial charge in [0.25, 0.3) is 0 Å². The molecule has 1 aromatic rings. The molecule has 3 rings (SSSR count). The molecule has 1 aliphatic carbocycles. The minimum absolute atomic E-state index is 0.0179. The Bertz CT molecular complexity index is 517. The van der Waals surface area contributed by atoms with Crippen LogP contribution in [0.3, 0.4) is 0 Å². The molecule has 20 heavy (non-hydrogen) atoms. The molecule has 1 saturated heterocycles. The lowest BCUT2D eigenvalue weighted by Gasteiger charge is -2.33. The van der Waals surface area contributed by atoms with E-state index >= 15 is 0 Å². The van der Waals surface area contributed by atoms with Gasteiger partial charge in [-0.25, -0.2) is 4.98 Å². The van der Waals surface area contributed by atoms with Gasteiger partial charge in [0.2, 0.25) is 5.91 Å². The fraction of sp³-hybridized carbons (Fsp3) is 0.643. The van der Waals surface area contributed by atoms with Crippen LogP contribution in [0.25, 0.3) is 0 Å². The van der Waals surface area contributed by atoms with Gasteiger partial charge < -0.3 is 15.0 Å². The highest BCUT2D eigenvalue weighted by molar-refractivity contribution is 5.80. The number of carboxylic acid groups (broad SMARTS) is 1. The molecule has 1 aliphatic heterocycles. The number of aliphatic carboxylic acids is 1. The molecule has 2 heterocycles. The number of aromatic nitrogens is 2. The van der Waals surface area contributed by atoms with E-state index in [1.54, 1.807) is 6.33 Å². The largest absolute Gasteiger partial charge is 0.481 e. The van der Waals surface area contributed by atoms with Crippen molar-refractivity contribution >= 4 is 11.9 Å². The molecule has 2 N–H and O–H groups in total. The predicted molar refractivity (Wildman–Crippen MR) is 71.0 cm³/mol. The number of carbonyl (C=O) groups is 2. The van der Waals surface area contributed by atoms with Crippen LogP contribution in [0.1, 0.15) is 30.7 Å². The molecule has 1 aromatic heterocycles. The maximum atomic E-state index is 12.5. The second-order valence-corrected chi connectivity index (χ2v) is 5.71. The van der Waals surface area contributed by atoms with Gasteiger partial charge in [0, 0.05) is 31.1 Å². The molecule has 1 amide bonds. The SMILES string of the molecule is O=C(O)C1CCN(C(=O)C2CCc3nc[nH]c3C2)CC1. The Hall–Kier alpha value is -1.85. The average molecular weight is 277 g/mol. The van der Waals surface area contributed by atoms with Crippen molar-refractivity contribution in [3.05, 3.63) is 17.7 Å². The Morgan fingerprint density at radius 2 is 2.00 bits per heavy atom. The van der Waals surface area contributed by atoms with Crippen LogP contribution in [0.4, 0.5) is 0 Å². The summed E-state index contributed by atoms with van der Waals surface area (Å²) in [6, 6.07) is 0. The van der Waals surface area contributed by atoms with Crippen molar-refractivity contribution in [2.75, 3.05) is 13.1 Å². The van der Waals surface area contributed by atoms with E-state index in [9.17, 15) is 9.59 Å². The van der Waals surface area contributed by atoms with Crippen LogP contribution in [0, 0.1) is 11.8 Å². The van der Waals surface area contributed by atoms with Crippen LogP contribution >= 0.6 is 0 Å². The topological polar surface area (TPSA) is 86.3 Å². The van der Waals surface area contributed by atoms with E-state index in [0.717, 1.165) is 30.7 Å². The number of amides is 1. The van der Waals surface area contributed by atoms with Gasteiger partial charge >= 0.3 is 5.97 Å². The van der Waals surface area contributed by atoms with Gasteiger partial charge in [0.05, 0.1) is 17.9 Å². The van der Waals surface area contributed by atoms with Crippen LogP contribution in [0.5, 0.6) is 0 Å². The van der Waals surface area contributed by atoms with E-state index in [-0.39, 0.29) is 17.7 Å². The normalized spacial score (nSPS) is 23.4. The van der Waals surface area contributed by atoms with E-state index in [1.165, 1.54) is 0 Å². The van der Waals surface area contributed by atoms with Gasteiger partial charge in [-0.3, -0.25) is 9.59 Å². The van der Waals surface area contributed by atoms with Crippen molar-refractivity contribution < 1.29 is 14.7 Å². The van der Waals surface area contributed by atoms with Crippen LogP contribution in [0.15, 0.2) is 6.33 Å². The lowest BCUT2D eigenvalue weighted by Crippen LogP contribution is -2.44. The number of hydrogen-bond donors (Lipinski definition) is 2. The molecule has 2 aliphatic rings. The zero-order valence-corrected chi connectivity index (χ0v) is 11.3. The summed E-state index contributed by atoms with van der Waals surface area (Å²) in [5.74, 6) is -0.833. The summed E-state index contributed by atoms with van der Waals surface area (Å²) in [5.41, 5.74) is 2.16. The number of nitrogens with one attached hydrogen (secondary N) is 1. The number of imidazole rings is 1. The lowest BCUT2D eigenvalue weighted by atomic mass is 9.87. The third-order valence-electron chi connectivity index (χ3n) is 4.49. The molecule has 0 bridgehead atoms. The number of carbonyl (C=O) groups excluding carboxylic acids is 1. The summed E-state index contributed by atoms with van der Waals surface area (Å²) in [6.07, 6.45) is 5.26. The zero-order chi connectivity index (χ0) is 14.1. The average Bonchev–Trinajstić information content (AvgIpc) is 2.94. The van der Waals surface area contributed by atoms with Crippen molar-refractivity contribution in [2.45, 2.75) is 32.1 Å². The first-order chi connectivity index (χ1) is 9.65. The quantitative estimate of drug-likeness (QED) is 0.838. The molecule has 1 fully saturated rings. The van der Waals surface area contributed by atoms with Gasteiger partial charge in [0.15, 0.2) is 0 Å². The van der Waals surface area contributed by atoms with E-state index < -0.39 is 5.97 Å². The fourth-order valence-electron chi connectivity index (χ4n) is 3.22. The third-order valence-corrected chi connectivity index (χ3v) is 4.49. The first kappa shape index (κ1) is 13.1. The first-order valence-electron chi connectivity index (χ1n) is 7.18. The smallest absolute Gasteiger partial charge is 0.306 e. The number of carboxylic acids is 1. The molecule has 1 atom stereocenters. The third kappa shape index (κ3) is 2.42. The van der Waals surface area contributed by atoms with Crippen molar-refractivity contribution in [3.63, 3.8) is 0 Å². The van der Waals surface area contributed by atoms with E-state index in [0.29, 0.717) is 25.9 Å². The van der Waals surface area contributed by atoms with Gasteiger partial charge in [-0.1, -0.05) is 0 Å². The number of nitrogens with zero attached hydrogens (tertiary/aromatic N) is 2. The number of aromatic amines is 1. The second kappa shape index (κ2) is 5.26. The van der Waals surface area contributed by atoms with Crippen molar-refractivity contribution in [1.29, 1.82) is 0 Å². The number of H-pyrrole nitrogens is 1. The molecule has 0 radical (unpaired) electrons. The molecule has 1 unspecified atom stereocenters. The molecular formula is C14H19N3O3. The van der Waals surface area contributed by atoms with Crippen LogP contribution in [-0.4, -0.2) is 44.9 Å². The minimum Gasteiger partial charge on any atom is -0.481 e. The standard InChI is InChI=1S/C14H19N3O3/c18-13(17-5-3-9(4-6-17)14(19)20)10-1-2-11-12(7-10)16-8-15-11/h8-10H,1-7H2,(H,15,16)(H,19,20). The maximum absolute atomic E-state index is 12.5. The summed E-state index contributed by atoms with van der Waals surface area (Å²) >= 11 is 0. The summed E-state index contributed by atoms with van der Waals surface area (Å²) < 4.78 is 0. The van der Waals surface area contributed by atoms with E-state index in [1.807, 2.05) is 4.90 Å². The lowest BCUT2D eigenvalue weighted by molar-refractivity contribution is -0.146. The van der Waals surface area contributed by atoms with Gasteiger partial charge in [-0.05, 0) is 25.7 Å². The molecule has 0 saturated carbocycles. The number of fused-ring (bicyclic) bond motifs is 1. The van der Waals surface area contributed by atoms with Crippen molar-refractivity contribution in [1.82, 2.24) is 14.9 Å². The summed E-state index contributed by atoms with van der Waals surface area (Å²) in [6.45, 7) is 1.14. The molecule has 0 spiro atoms. The predicted octanol–water partition coefficient (Wildman–Crippen LogP) is 0.838. The molecule has 108 valence electrons. The number of hydrogen-bond acceptors (Lipinski definition) is 3. The van der Waals surface area contributed by atoms with Crippen LogP contribution < -0.4 is 0 Å². The Balaban J connectivity index is 1.59.